The Morgan fingerprint density at radius 3 is 2.38 bits per heavy atom. The van der Waals surface area contributed by atoms with Crippen molar-refractivity contribution in [3.05, 3.63) is 66.0 Å². The summed E-state index contributed by atoms with van der Waals surface area (Å²) in [5, 5.41) is 0. The maximum Gasteiger partial charge on any atom is 0.250 e. The van der Waals surface area contributed by atoms with E-state index in [0.29, 0.717) is 6.42 Å². The molecule has 212 valence electrons. The second kappa shape index (κ2) is 10.6. The van der Waals surface area contributed by atoms with Gasteiger partial charge in [0.1, 0.15) is 30.0 Å². The van der Waals surface area contributed by atoms with Crippen LogP contribution in [0.25, 0.3) is 0 Å². The summed E-state index contributed by atoms with van der Waals surface area (Å²) in [6.07, 6.45) is 4.75. The number of imide groups is 1. The fourth-order valence-corrected chi connectivity index (χ4v) is 8.15. The topological polar surface area (TPSA) is 102 Å². The van der Waals surface area contributed by atoms with Crippen molar-refractivity contribution in [2.45, 2.75) is 23.8 Å². The summed E-state index contributed by atoms with van der Waals surface area (Å²) >= 11 is 0. The molecule has 2 fully saturated rings. The number of allylic oxidation sites excluding steroid dienone is 2. The van der Waals surface area contributed by atoms with Gasteiger partial charge < -0.3 is 14.2 Å². The van der Waals surface area contributed by atoms with Crippen molar-refractivity contribution in [1.82, 2.24) is 9.21 Å². The van der Waals surface area contributed by atoms with Gasteiger partial charge in [0.05, 0.1) is 31.5 Å². The van der Waals surface area contributed by atoms with Crippen molar-refractivity contribution in [2.24, 2.45) is 23.7 Å². The number of ether oxygens (including phenoxy) is 3. The summed E-state index contributed by atoms with van der Waals surface area (Å²) < 4.78 is 59.9. The van der Waals surface area contributed by atoms with Crippen LogP contribution in [0.2, 0.25) is 0 Å². The third-order valence-electron chi connectivity index (χ3n) is 8.29. The maximum atomic E-state index is 13.9. The monoisotopic (exact) mass is 570 g/mol. The number of hydrogen-bond donors (Lipinski definition) is 0. The van der Waals surface area contributed by atoms with E-state index in [0.717, 1.165) is 12.0 Å². The minimum Gasteiger partial charge on any atom is -0.490 e. The van der Waals surface area contributed by atoms with Gasteiger partial charge in [-0.15, -0.1) is 0 Å². The summed E-state index contributed by atoms with van der Waals surface area (Å²) in [5.41, 5.74) is 0.795. The van der Waals surface area contributed by atoms with E-state index in [2.05, 4.69) is 0 Å². The fraction of sp³-hybridized carbons (Fsp3) is 0.448. The lowest BCUT2D eigenvalue weighted by atomic mass is 9.85. The minimum absolute atomic E-state index is 0.0370. The third-order valence-corrected chi connectivity index (χ3v) is 10.2. The highest BCUT2D eigenvalue weighted by Gasteiger charge is 2.59. The van der Waals surface area contributed by atoms with Crippen LogP contribution in [0.1, 0.15) is 12.0 Å². The Morgan fingerprint density at radius 2 is 1.70 bits per heavy atom. The van der Waals surface area contributed by atoms with E-state index < -0.39 is 16.1 Å². The van der Waals surface area contributed by atoms with Crippen LogP contribution in [0.5, 0.6) is 11.5 Å². The maximum absolute atomic E-state index is 13.9. The molecule has 9 nitrogen and oxygen atoms in total. The van der Waals surface area contributed by atoms with E-state index in [4.69, 9.17) is 14.2 Å². The van der Waals surface area contributed by atoms with Gasteiger partial charge in [0.15, 0.2) is 4.90 Å². The SMILES string of the molecule is COCC1CN(CCc2ccc(F)cc2)S(=O)(=O)c2c(OCCN3C(=O)[C@@H]4[C@H](C3=O)[C@@H]3C=C[C@H]4C3)cccc2O1. The van der Waals surface area contributed by atoms with Crippen LogP contribution in [0, 0.1) is 29.5 Å². The lowest BCUT2D eigenvalue weighted by Gasteiger charge is -2.23. The molecule has 1 unspecified atom stereocenters. The van der Waals surface area contributed by atoms with Gasteiger partial charge in [0, 0.05) is 13.7 Å². The Hall–Kier alpha value is -3.28. The molecule has 0 radical (unpaired) electrons. The van der Waals surface area contributed by atoms with Crippen LogP contribution >= 0.6 is 0 Å². The number of nitrogens with zero attached hydrogens (tertiary/aromatic N) is 2. The molecule has 5 atom stereocenters. The van der Waals surface area contributed by atoms with Crippen LogP contribution in [0.4, 0.5) is 4.39 Å². The number of carbonyl (C=O) groups is 2. The number of hydrogen-bond acceptors (Lipinski definition) is 7. The Bertz CT molecular complexity index is 1410. The molecule has 2 amide bonds. The molecule has 2 bridgehead atoms. The molecule has 2 heterocycles. The van der Waals surface area contributed by atoms with Crippen LogP contribution in [-0.2, 0) is 30.8 Å². The van der Waals surface area contributed by atoms with E-state index in [9.17, 15) is 22.4 Å². The van der Waals surface area contributed by atoms with Crippen molar-refractivity contribution in [3.8, 4) is 11.5 Å². The molecule has 0 spiro atoms. The smallest absolute Gasteiger partial charge is 0.250 e. The van der Waals surface area contributed by atoms with E-state index >= 15 is 0 Å². The summed E-state index contributed by atoms with van der Waals surface area (Å²) in [6, 6.07) is 10.7. The van der Waals surface area contributed by atoms with E-state index in [1.807, 2.05) is 12.2 Å². The van der Waals surface area contributed by atoms with Crippen LogP contribution in [0.15, 0.2) is 59.5 Å². The first-order valence-electron chi connectivity index (χ1n) is 13.5. The van der Waals surface area contributed by atoms with Gasteiger partial charge in [0.2, 0.25) is 11.8 Å². The molecule has 11 heteroatoms. The van der Waals surface area contributed by atoms with E-state index in [-0.39, 0.29) is 90.5 Å². The highest BCUT2D eigenvalue weighted by atomic mass is 32.2. The first-order valence-corrected chi connectivity index (χ1v) is 14.9. The third kappa shape index (κ3) is 4.69. The van der Waals surface area contributed by atoms with Gasteiger partial charge in [-0.05, 0) is 54.5 Å². The zero-order valence-electron chi connectivity index (χ0n) is 22.1. The standard InChI is InChI=1S/C29H31FN2O7S/c1-37-17-22-16-31(12-11-18-5-9-21(30)10-6-18)40(35,36)27-23(3-2-4-24(27)39-22)38-14-13-32-28(33)25-19-7-8-20(15-19)26(25)29(32)34/h2-10,19-20,22,25-26H,11-17H2,1H3/t19-,20+,22?,25-,26+. The number of methoxy groups -OCH3 is 1. The highest BCUT2D eigenvalue weighted by Crippen LogP contribution is 2.52. The summed E-state index contributed by atoms with van der Waals surface area (Å²) in [6.45, 7) is 0.353. The highest BCUT2D eigenvalue weighted by molar-refractivity contribution is 7.89. The average molecular weight is 571 g/mol. The number of halogens is 1. The molecule has 2 aromatic carbocycles. The molecule has 2 aromatic rings. The normalized spacial score (nSPS) is 28.4. The largest absolute Gasteiger partial charge is 0.490 e. The Labute approximate surface area is 232 Å². The van der Waals surface area contributed by atoms with Crippen LogP contribution < -0.4 is 9.47 Å². The van der Waals surface area contributed by atoms with Gasteiger partial charge in [-0.1, -0.05) is 30.4 Å². The Morgan fingerprint density at radius 1 is 1.00 bits per heavy atom. The Kier molecular flexibility index (Phi) is 7.14. The molecular formula is C29H31FN2O7S. The number of carbonyl (C=O) groups excluding carboxylic acids is 2. The van der Waals surface area contributed by atoms with Gasteiger partial charge >= 0.3 is 0 Å². The molecule has 6 rings (SSSR count). The van der Waals surface area contributed by atoms with Gasteiger partial charge in [-0.25, -0.2) is 12.8 Å². The molecule has 1 saturated heterocycles. The average Bonchev–Trinajstić information content (AvgIpc) is 3.60. The van der Waals surface area contributed by atoms with Gasteiger partial charge in [-0.3, -0.25) is 14.5 Å². The van der Waals surface area contributed by atoms with Crippen molar-refractivity contribution in [3.63, 3.8) is 0 Å². The zero-order valence-corrected chi connectivity index (χ0v) is 22.9. The van der Waals surface area contributed by atoms with Crippen LogP contribution in [-0.4, -0.2) is 75.5 Å². The molecule has 4 aliphatic rings. The second-order valence-electron chi connectivity index (χ2n) is 10.7. The van der Waals surface area contributed by atoms with E-state index in [1.165, 1.54) is 28.4 Å². The minimum atomic E-state index is -4.07. The quantitative estimate of drug-likeness (QED) is 0.337. The first-order chi connectivity index (χ1) is 19.3. The molecule has 1 saturated carbocycles. The molecule has 0 N–H and O–H groups in total. The summed E-state index contributed by atoms with van der Waals surface area (Å²) in [5.74, 6) is -0.831. The lowest BCUT2D eigenvalue weighted by Crippen LogP contribution is -2.40. The summed E-state index contributed by atoms with van der Waals surface area (Å²) in [4.78, 5) is 27.2. The van der Waals surface area contributed by atoms with Crippen LogP contribution in [0.3, 0.4) is 0 Å². The second-order valence-corrected chi connectivity index (χ2v) is 12.6. The van der Waals surface area contributed by atoms with Crippen molar-refractivity contribution in [1.29, 1.82) is 0 Å². The number of sulfonamides is 1. The van der Waals surface area contributed by atoms with Gasteiger partial charge in [0.25, 0.3) is 10.0 Å². The van der Waals surface area contributed by atoms with Gasteiger partial charge in [-0.2, -0.15) is 4.31 Å². The molecule has 2 aliphatic heterocycles. The number of amides is 2. The predicted molar refractivity (Wildman–Crippen MR) is 142 cm³/mol. The number of benzene rings is 2. The number of rotatable bonds is 9. The lowest BCUT2D eigenvalue weighted by molar-refractivity contribution is -0.141. The molecule has 2 aliphatic carbocycles. The number of fused-ring (bicyclic) bond motifs is 6. The Balaban J connectivity index is 1.20. The van der Waals surface area contributed by atoms with E-state index in [1.54, 1.807) is 30.3 Å². The predicted octanol–water partition coefficient (Wildman–Crippen LogP) is 2.65. The molecule has 40 heavy (non-hydrogen) atoms. The zero-order chi connectivity index (χ0) is 28.0. The number of likely N-dealkylation sites (tertiary alicyclic amines) is 1. The van der Waals surface area contributed by atoms with Crippen molar-refractivity contribution < 1.29 is 36.6 Å². The first kappa shape index (κ1) is 26.9. The fourth-order valence-electron chi connectivity index (χ4n) is 6.45. The summed E-state index contributed by atoms with van der Waals surface area (Å²) in [7, 11) is -2.55. The molecule has 0 aromatic heterocycles. The van der Waals surface area contributed by atoms with Crippen molar-refractivity contribution >= 4 is 21.8 Å². The van der Waals surface area contributed by atoms with Crippen molar-refractivity contribution in [2.75, 3.05) is 40.0 Å². The molecular weight excluding hydrogens is 539 g/mol.